The molecule has 2 aliphatic heterocycles. The van der Waals surface area contributed by atoms with Crippen LogP contribution in [0.4, 0.5) is 10.5 Å². The van der Waals surface area contributed by atoms with Crippen LogP contribution in [-0.2, 0) is 4.74 Å². The minimum atomic E-state index is -0.483. The Hall–Kier alpha value is -2.67. The van der Waals surface area contributed by atoms with Gasteiger partial charge in [-0.25, -0.2) is 9.78 Å². The second-order valence-corrected chi connectivity index (χ2v) is 9.95. The zero-order chi connectivity index (χ0) is 21.6. The number of ether oxygens (including phenoxy) is 1. The van der Waals surface area contributed by atoms with Gasteiger partial charge < -0.3 is 14.5 Å². The van der Waals surface area contributed by atoms with E-state index >= 15 is 0 Å². The second-order valence-electron chi connectivity index (χ2n) is 8.86. The largest absolute Gasteiger partial charge is 0.444 e. The first kappa shape index (κ1) is 23.0. The number of carbonyl (C=O) groups is 1. The highest BCUT2D eigenvalue weighted by atomic mass is 32.1. The third kappa shape index (κ3) is 4.82. The van der Waals surface area contributed by atoms with E-state index in [1.807, 2.05) is 27.7 Å². The Balaban J connectivity index is 0.00000272. The van der Waals surface area contributed by atoms with Gasteiger partial charge in [0, 0.05) is 37.9 Å². The first-order valence-electron chi connectivity index (χ1n) is 10.2. The van der Waals surface area contributed by atoms with Crippen LogP contribution in [0.5, 0.6) is 0 Å². The van der Waals surface area contributed by atoms with Gasteiger partial charge in [-0.1, -0.05) is 7.43 Å². The van der Waals surface area contributed by atoms with Crippen LogP contribution in [0.15, 0.2) is 29.1 Å². The van der Waals surface area contributed by atoms with E-state index in [9.17, 15) is 9.59 Å². The number of piperazine rings is 1. The molecular formula is C24H31N3O3S. The Morgan fingerprint density at radius 2 is 1.71 bits per heavy atom. The van der Waals surface area contributed by atoms with Crippen molar-refractivity contribution < 1.29 is 9.53 Å². The van der Waals surface area contributed by atoms with Crippen molar-refractivity contribution in [3.8, 4) is 10.6 Å². The molecule has 0 N–H and O–H groups in total. The van der Waals surface area contributed by atoms with Gasteiger partial charge in [0.1, 0.15) is 5.60 Å². The van der Waals surface area contributed by atoms with Crippen molar-refractivity contribution in [1.29, 1.82) is 0 Å². The monoisotopic (exact) mass is 441 g/mol. The van der Waals surface area contributed by atoms with E-state index in [4.69, 9.17) is 9.72 Å². The molecule has 1 aromatic carbocycles. The summed E-state index contributed by atoms with van der Waals surface area (Å²) < 4.78 is 6.56. The van der Waals surface area contributed by atoms with Crippen LogP contribution >= 0.6 is 11.3 Å². The fraction of sp³-hybridized carbons (Fsp3) is 0.458. The molecule has 1 aromatic rings. The number of hydrogen-bond donors (Lipinski definition) is 0. The van der Waals surface area contributed by atoms with Crippen molar-refractivity contribution in [2.75, 3.05) is 31.1 Å². The van der Waals surface area contributed by atoms with E-state index in [1.165, 1.54) is 0 Å². The van der Waals surface area contributed by atoms with Gasteiger partial charge in [-0.05, 0) is 63.9 Å². The molecule has 0 radical (unpaired) electrons. The summed E-state index contributed by atoms with van der Waals surface area (Å²) in [6, 6.07) is 7.62. The third-order valence-electron chi connectivity index (χ3n) is 5.23. The SMILES string of the molecule is C.Cc1cc(=O)cc2sc3cc(N4CCN(C(=O)OC(C)(C)C)CC4)cc(C)c3nc1-2. The summed E-state index contributed by atoms with van der Waals surface area (Å²) in [4.78, 5) is 34.1. The van der Waals surface area contributed by atoms with Gasteiger partial charge >= 0.3 is 6.09 Å². The fourth-order valence-corrected chi connectivity index (χ4v) is 4.97. The van der Waals surface area contributed by atoms with Crippen LogP contribution in [0, 0.1) is 13.8 Å². The molecule has 1 fully saturated rings. The van der Waals surface area contributed by atoms with Crippen LogP contribution in [0.2, 0.25) is 0 Å². The normalized spacial score (nSPS) is 14.6. The number of anilines is 1. The fourth-order valence-electron chi connectivity index (χ4n) is 3.77. The Kier molecular flexibility index (Phi) is 6.28. The van der Waals surface area contributed by atoms with Gasteiger partial charge in [-0.15, -0.1) is 11.3 Å². The number of amides is 1. The minimum absolute atomic E-state index is 0. The molecular weight excluding hydrogens is 410 g/mol. The highest BCUT2D eigenvalue weighted by molar-refractivity contribution is 7.21. The van der Waals surface area contributed by atoms with Gasteiger partial charge in [0.15, 0.2) is 5.43 Å². The lowest BCUT2D eigenvalue weighted by Gasteiger charge is -2.37. The average molecular weight is 442 g/mol. The van der Waals surface area contributed by atoms with E-state index in [-0.39, 0.29) is 18.9 Å². The Bertz CT molecular complexity index is 1140. The van der Waals surface area contributed by atoms with E-state index in [1.54, 1.807) is 28.4 Å². The number of rotatable bonds is 1. The van der Waals surface area contributed by atoms with E-state index < -0.39 is 5.60 Å². The number of aryl methyl sites for hydroxylation is 2. The summed E-state index contributed by atoms with van der Waals surface area (Å²) in [5, 5.41) is 0. The maximum Gasteiger partial charge on any atom is 0.410 e. The lowest BCUT2D eigenvalue weighted by atomic mass is 10.1. The van der Waals surface area contributed by atoms with E-state index in [0.717, 1.165) is 50.7 Å². The van der Waals surface area contributed by atoms with E-state index in [2.05, 4.69) is 24.0 Å². The smallest absolute Gasteiger partial charge is 0.410 e. The molecule has 0 aromatic heterocycles. The van der Waals surface area contributed by atoms with Gasteiger partial charge in [0.05, 0.1) is 20.8 Å². The molecule has 0 bridgehead atoms. The first-order valence-corrected chi connectivity index (χ1v) is 11.0. The number of aromatic nitrogens is 1. The average Bonchev–Trinajstić information content (AvgIpc) is 2.65. The highest BCUT2D eigenvalue weighted by Crippen LogP contribution is 2.35. The Labute approximate surface area is 187 Å². The van der Waals surface area contributed by atoms with Crippen molar-refractivity contribution in [2.24, 2.45) is 0 Å². The molecule has 0 spiro atoms. The number of fused-ring (bicyclic) bond motifs is 2. The zero-order valence-corrected chi connectivity index (χ0v) is 18.9. The van der Waals surface area contributed by atoms with E-state index in [0.29, 0.717) is 13.1 Å². The van der Waals surface area contributed by atoms with Gasteiger partial charge in [0.2, 0.25) is 0 Å². The molecule has 0 saturated carbocycles. The Morgan fingerprint density at radius 3 is 2.35 bits per heavy atom. The maximum absolute atomic E-state index is 12.3. The van der Waals surface area contributed by atoms with Crippen molar-refractivity contribution in [3.63, 3.8) is 0 Å². The molecule has 31 heavy (non-hydrogen) atoms. The molecule has 1 amide bonds. The highest BCUT2D eigenvalue weighted by Gasteiger charge is 2.26. The summed E-state index contributed by atoms with van der Waals surface area (Å²) in [5.41, 5.74) is 4.56. The van der Waals surface area contributed by atoms with Gasteiger partial charge in [0.25, 0.3) is 0 Å². The predicted octanol–water partition coefficient (Wildman–Crippen LogP) is 5.07. The maximum atomic E-state index is 12.3. The molecule has 6 nitrogen and oxygen atoms in total. The minimum Gasteiger partial charge on any atom is -0.444 e. The molecule has 2 heterocycles. The summed E-state index contributed by atoms with van der Waals surface area (Å²) in [5.74, 6) is 0. The molecule has 0 atom stereocenters. The molecule has 7 heteroatoms. The molecule has 0 unspecified atom stereocenters. The quantitative estimate of drug-likeness (QED) is 0.493. The first-order chi connectivity index (χ1) is 14.1. The Morgan fingerprint density at radius 1 is 1.03 bits per heavy atom. The summed E-state index contributed by atoms with van der Waals surface area (Å²) in [6.07, 6.45) is -0.251. The van der Waals surface area contributed by atoms with Crippen LogP contribution in [-0.4, -0.2) is 47.8 Å². The summed E-state index contributed by atoms with van der Waals surface area (Å²) in [6.45, 7) is 12.4. The van der Waals surface area contributed by atoms with Crippen molar-refractivity contribution in [2.45, 2.75) is 47.6 Å². The number of nitrogens with zero attached hydrogens (tertiary/aromatic N) is 3. The zero-order valence-electron chi connectivity index (χ0n) is 18.1. The lowest BCUT2D eigenvalue weighted by Crippen LogP contribution is -2.50. The standard InChI is InChI=1S/C23H27N3O3S.CH4/c1-14-10-16(25-6-8-26(9-7-25)22(28)29-23(3,4)5)12-18-20(14)24-21-15(2)11-17(27)13-19(21)30-18;/h10-13H,6-9H2,1-5H3;1H4. The summed E-state index contributed by atoms with van der Waals surface area (Å²) >= 11 is 1.61. The molecule has 4 rings (SSSR count). The second kappa shape index (κ2) is 8.46. The number of benzene rings is 2. The van der Waals surface area contributed by atoms with Crippen LogP contribution in [0.3, 0.4) is 0 Å². The van der Waals surface area contributed by atoms with Gasteiger partial charge in [-0.2, -0.15) is 0 Å². The molecule has 1 saturated heterocycles. The summed E-state index contributed by atoms with van der Waals surface area (Å²) in [7, 11) is 0. The van der Waals surface area contributed by atoms with Crippen LogP contribution in [0.25, 0.3) is 20.8 Å². The topological polar surface area (TPSA) is 62.7 Å². The molecule has 3 aliphatic rings. The van der Waals surface area contributed by atoms with Crippen molar-refractivity contribution in [1.82, 2.24) is 9.88 Å². The lowest BCUT2D eigenvalue weighted by molar-refractivity contribution is 0.0240. The van der Waals surface area contributed by atoms with Crippen molar-refractivity contribution >= 4 is 33.3 Å². The molecule has 1 aliphatic carbocycles. The van der Waals surface area contributed by atoms with Crippen LogP contribution in [0.1, 0.15) is 39.3 Å². The third-order valence-corrected chi connectivity index (χ3v) is 6.29. The van der Waals surface area contributed by atoms with Gasteiger partial charge in [-0.3, -0.25) is 4.79 Å². The number of carbonyl (C=O) groups excluding carboxylic acids is 1. The molecule has 166 valence electrons. The predicted molar refractivity (Wildman–Crippen MR) is 129 cm³/mol. The van der Waals surface area contributed by atoms with Crippen LogP contribution < -0.4 is 10.3 Å². The van der Waals surface area contributed by atoms with Crippen molar-refractivity contribution in [3.05, 3.63) is 45.6 Å². The number of hydrogen-bond acceptors (Lipinski definition) is 6.